The highest BCUT2D eigenvalue weighted by molar-refractivity contribution is 5.92. The van der Waals surface area contributed by atoms with Gasteiger partial charge < -0.3 is 9.40 Å². The second-order valence-corrected chi connectivity index (χ2v) is 7.22. The van der Waals surface area contributed by atoms with Crippen LogP contribution in [0.2, 0.25) is 0 Å². The van der Waals surface area contributed by atoms with E-state index in [1.165, 1.54) is 0 Å². The molecule has 0 bridgehead atoms. The molecular weight excluding hydrogens is 370 g/mol. The Hall–Kier alpha value is -4.18. The first-order chi connectivity index (χ1) is 14.8. The van der Waals surface area contributed by atoms with Crippen LogP contribution in [0, 0.1) is 0 Å². The molecule has 0 spiro atoms. The Kier molecular flexibility index (Phi) is 3.74. The lowest BCUT2D eigenvalue weighted by Gasteiger charge is -2.04. The number of hydrogen-bond donors (Lipinski definition) is 1. The molecule has 142 valence electrons. The maximum absolute atomic E-state index is 6.27. The van der Waals surface area contributed by atoms with Crippen LogP contribution >= 0.6 is 0 Å². The molecule has 0 saturated carbocycles. The lowest BCUT2D eigenvalue weighted by Crippen LogP contribution is -2.06. The second-order valence-electron chi connectivity index (χ2n) is 7.22. The van der Waals surface area contributed by atoms with Crippen LogP contribution in [0.5, 0.6) is 0 Å². The Morgan fingerprint density at radius 2 is 1.50 bits per heavy atom. The van der Waals surface area contributed by atoms with Crippen molar-refractivity contribution >= 4 is 38.5 Å². The second kappa shape index (κ2) is 6.71. The molecule has 0 unspecified atom stereocenters. The minimum Gasteiger partial charge on any atom is -0.438 e. The SMILES string of the molecule is c1ccc2oc(=Nc3cccc4ccccc34)c(-c3nc4ccccc4[nH]3)cc2c1. The van der Waals surface area contributed by atoms with E-state index in [0.717, 1.165) is 49.9 Å². The Morgan fingerprint density at radius 1 is 0.733 bits per heavy atom. The van der Waals surface area contributed by atoms with Crippen molar-refractivity contribution in [2.75, 3.05) is 0 Å². The molecule has 0 atom stereocenters. The molecule has 0 saturated heterocycles. The monoisotopic (exact) mass is 387 g/mol. The molecule has 0 radical (unpaired) electrons. The smallest absolute Gasteiger partial charge is 0.230 e. The molecule has 0 aliphatic carbocycles. The summed E-state index contributed by atoms with van der Waals surface area (Å²) in [5.74, 6) is 0.740. The first-order valence-electron chi connectivity index (χ1n) is 9.86. The van der Waals surface area contributed by atoms with Gasteiger partial charge in [0.25, 0.3) is 0 Å². The van der Waals surface area contributed by atoms with Crippen molar-refractivity contribution in [3.63, 3.8) is 0 Å². The molecule has 0 fully saturated rings. The van der Waals surface area contributed by atoms with Gasteiger partial charge in [0.2, 0.25) is 5.55 Å². The normalized spacial score (nSPS) is 12.2. The number of nitrogens with one attached hydrogen (secondary N) is 1. The lowest BCUT2D eigenvalue weighted by molar-refractivity contribution is 0.547. The lowest BCUT2D eigenvalue weighted by atomic mass is 10.1. The zero-order valence-corrected chi connectivity index (χ0v) is 16.0. The maximum atomic E-state index is 6.27. The molecule has 4 nitrogen and oxygen atoms in total. The number of fused-ring (bicyclic) bond motifs is 3. The van der Waals surface area contributed by atoms with Crippen molar-refractivity contribution in [1.29, 1.82) is 0 Å². The molecule has 6 rings (SSSR count). The van der Waals surface area contributed by atoms with E-state index < -0.39 is 0 Å². The zero-order chi connectivity index (χ0) is 19.9. The fourth-order valence-corrected chi connectivity index (χ4v) is 3.82. The number of nitrogens with zero attached hydrogens (tertiary/aromatic N) is 2. The number of imidazole rings is 1. The van der Waals surface area contributed by atoms with Crippen molar-refractivity contribution in [1.82, 2.24) is 9.97 Å². The standard InChI is InChI=1S/C26H17N3O/c1-3-11-19-17(8-1)10-7-14-21(19)29-26-20(16-18-9-2-6-15-24(18)30-26)25-27-22-12-4-5-13-23(22)28-25/h1-16H,(H,27,28). The van der Waals surface area contributed by atoms with Crippen LogP contribution in [0.4, 0.5) is 5.69 Å². The van der Waals surface area contributed by atoms with Crippen molar-refractivity contribution in [2.45, 2.75) is 0 Å². The average Bonchev–Trinajstić information content (AvgIpc) is 3.23. The van der Waals surface area contributed by atoms with E-state index in [1.807, 2.05) is 72.8 Å². The molecular formula is C26H17N3O. The minimum absolute atomic E-state index is 0.532. The van der Waals surface area contributed by atoms with Gasteiger partial charge in [-0.2, -0.15) is 0 Å². The van der Waals surface area contributed by atoms with Crippen molar-refractivity contribution in [2.24, 2.45) is 4.99 Å². The number of aromatic amines is 1. The number of rotatable bonds is 2. The zero-order valence-electron chi connectivity index (χ0n) is 16.0. The van der Waals surface area contributed by atoms with Gasteiger partial charge in [0, 0.05) is 10.8 Å². The van der Waals surface area contributed by atoms with Crippen LogP contribution in [-0.2, 0) is 0 Å². The van der Waals surface area contributed by atoms with E-state index in [2.05, 4.69) is 29.2 Å². The molecule has 0 aliphatic rings. The summed E-state index contributed by atoms with van der Waals surface area (Å²) in [4.78, 5) is 13.1. The van der Waals surface area contributed by atoms with Gasteiger partial charge in [-0.15, -0.1) is 0 Å². The third-order valence-electron chi connectivity index (χ3n) is 5.29. The first-order valence-corrected chi connectivity index (χ1v) is 9.86. The fraction of sp³-hybridized carbons (Fsp3) is 0. The van der Waals surface area contributed by atoms with Crippen LogP contribution in [0.15, 0.2) is 106 Å². The summed E-state index contributed by atoms with van der Waals surface area (Å²) >= 11 is 0. The van der Waals surface area contributed by atoms with Crippen molar-refractivity contribution in [3.8, 4) is 11.4 Å². The van der Waals surface area contributed by atoms with Gasteiger partial charge in [0.15, 0.2) is 0 Å². The third kappa shape index (κ3) is 2.78. The molecule has 0 amide bonds. The van der Waals surface area contributed by atoms with Gasteiger partial charge >= 0.3 is 0 Å². The number of para-hydroxylation sites is 3. The van der Waals surface area contributed by atoms with Gasteiger partial charge in [-0.3, -0.25) is 0 Å². The maximum Gasteiger partial charge on any atom is 0.230 e. The highest BCUT2D eigenvalue weighted by atomic mass is 16.3. The summed E-state index contributed by atoms with van der Waals surface area (Å²) in [7, 11) is 0. The Morgan fingerprint density at radius 3 is 2.43 bits per heavy atom. The van der Waals surface area contributed by atoms with Crippen LogP contribution in [-0.4, -0.2) is 9.97 Å². The molecule has 2 aromatic heterocycles. The van der Waals surface area contributed by atoms with Gasteiger partial charge in [-0.1, -0.05) is 66.7 Å². The van der Waals surface area contributed by atoms with Crippen molar-refractivity contribution in [3.05, 3.63) is 103 Å². The molecule has 6 aromatic rings. The largest absolute Gasteiger partial charge is 0.438 e. The summed E-state index contributed by atoms with van der Waals surface area (Å²) in [6, 6.07) is 32.4. The van der Waals surface area contributed by atoms with E-state index >= 15 is 0 Å². The van der Waals surface area contributed by atoms with E-state index in [1.54, 1.807) is 0 Å². The quantitative estimate of drug-likeness (QED) is 0.376. The van der Waals surface area contributed by atoms with Gasteiger partial charge in [0.1, 0.15) is 11.4 Å². The van der Waals surface area contributed by atoms with Crippen LogP contribution in [0.25, 0.3) is 44.2 Å². The number of hydrogen-bond acceptors (Lipinski definition) is 3. The van der Waals surface area contributed by atoms with Crippen LogP contribution in [0.3, 0.4) is 0 Å². The van der Waals surface area contributed by atoms with E-state index in [4.69, 9.17) is 14.4 Å². The Bertz CT molecular complexity index is 1570. The predicted molar refractivity (Wildman–Crippen MR) is 120 cm³/mol. The summed E-state index contributed by atoms with van der Waals surface area (Å²) in [6.07, 6.45) is 0. The van der Waals surface area contributed by atoms with E-state index in [-0.39, 0.29) is 0 Å². The first kappa shape index (κ1) is 16.7. The molecule has 2 heterocycles. The minimum atomic E-state index is 0.532. The molecule has 30 heavy (non-hydrogen) atoms. The van der Waals surface area contributed by atoms with E-state index in [9.17, 15) is 0 Å². The topological polar surface area (TPSA) is 54.2 Å². The van der Waals surface area contributed by atoms with Crippen molar-refractivity contribution < 1.29 is 4.42 Å². The molecule has 0 aliphatic heterocycles. The summed E-state index contributed by atoms with van der Waals surface area (Å²) in [5, 5.41) is 3.23. The average molecular weight is 387 g/mol. The molecule has 4 aromatic carbocycles. The van der Waals surface area contributed by atoms with Gasteiger partial charge in [0.05, 0.1) is 22.3 Å². The third-order valence-corrected chi connectivity index (χ3v) is 5.29. The van der Waals surface area contributed by atoms with Gasteiger partial charge in [-0.25, -0.2) is 9.98 Å². The Balaban J connectivity index is 1.68. The summed E-state index contributed by atoms with van der Waals surface area (Å²) in [5.41, 5.74) is 4.91. The summed E-state index contributed by atoms with van der Waals surface area (Å²) in [6.45, 7) is 0. The predicted octanol–water partition coefficient (Wildman–Crippen LogP) is 6.36. The molecule has 1 N–H and O–H groups in total. The van der Waals surface area contributed by atoms with Crippen LogP contribution in [0.1, 0.15) is 0 Å². The molecule has 4 heteroatoms. The number of H-pyrrole nitrogens is 1. The number of benzene rings is 4. The highest BCUT2D eigenvalue weighted by Crippen LogP contribution is 2.27. The van der Waals surface area contributed by atoms with Crippen LogP contribution < -0.4 is 5.55 Å². The highest BCUT2D eigenvalue weighted by Gasteiger charge is 2.12. The van der Waals surface area contributed by atoms with Gasteiger partial charge in [-0.05, 0) is 35.7 Å². The number of aromatic nitrogens is 2. The van der Waals surface area contributed by atoms with E-state index in [0.29, 0.717) is 5.55 Å². The summed E-state index contributed by atoms with van der Waals surface area (Å²) < 4.78 is 6.27. The Labute approximate surface area is 172 Å². The fourth-order valence-electron chi connectivity index (χ4n) is 3.82.